The molecule has 2 unspecified atom stereocenters. The highest BCUT2D eigenvalue weighted by atomic mass is 35.5. The second-order valence-electron chi connectivity index (χ2n) is 12.0. The van der Waals surface area contributed by atoms with Gasteiger partial charge in [0.05, 0.1) is 40.7 Å². The predicted octanol–water partition coefficient (Wildman–Crippen LogP) is 5.62. The third kappa shape index (κ3) is 5.00. The number of alkyl halides is 3. The molecule has 1 spiro atoms. The van der Waals surface area contributed by atoms with Crippen LogP contribution < -0.4 is 14.5 Å². The maximum absolute atomic E-state index is 16.0. The molecule has 1 aromatic heterocycles. The third-order valence-corrected chi connectivity index (χ3v) is 12.0. The molecule has 3 heterocycles. The number of rotatable bonds is 6. The number of nitrogens with one attached hydrogen (secondary N) is 2. The van der Waals surface area contributed by atoms with Crippen molar-refractivity contribution in [1.82, 2.24) is 19.5 Å². The van der Waals surface area contributed by atoms with Crippen molar-refractivity contribution < 1.29 is 40.0 Å². The van der Waals surface area contributed by atoms with Gasteiger partial charge in [-0.2, -0.15) is 21.6 Å². The van der Waals surface area contributed by atoms with Crippen LogP contribution in [-0.4, -0.2) is 44.3 Å². The molecule has 2 N–H and O–H groups in total. The van der Waals surface area contributed by atoms with Crippen LogP contribution in [0.1, 0.15) is 59.8 Å². The Hall–Kier alpha value is -3.46. The second kappa shape index (κ2) is 11.4. The van der Waals surface area contributed by atoms with E-state index in [4.69, 9.17) is 11.6 Å². The number of aromatic nitrogens is 1. The fraction of sp³-hybridized carbons (Fsp3) is 0.387. The quantitative estimate of drug-likeness (QED) is 0.258. The lowest BCUT2D eigenvalue weighted by atomic mass is 9.68. The van der Waals surface area contributed by atoms with Crippen LogP contribution in [0, 0.1) is 17.6 Å². The number of quaternary nitrogens is 1. The predicted molar refractivity (Wildman–Crippen MR) is 158 cm³/mol. The Morgan fingerprint density at radius 2 is 1.74 bits per heavy atom. The van der Waals surface area contributed by atoms with Crippen LogP contribution in [0.4, 0.5) is 27.6 Å². The number of piperidine rings is 1. The monoisotopic (exact) mass is 683 g/mol. The molecule has 1 saturated heterocycles. The Kier molecular flexibility index (Phi) is 8.02. The molecule has 2 amide bonds. The Labute approximate surface area is 266 Å². The van der Waals surface area contributed by atoms with Gasteiger partial charge < -0.3 is 10.6 Å². The average Bonchev–Trinajstić information content (AvgIpc) is 3.80. The highest BCUT2D eigenvalue weighted by Crippen LogP contribution is 2.62. The largest absolute Gasteiger partial charge is 0.417 e. The van der Waals surface area contributed by atoms with Gasteiger partial charge >= 0.3 is 22.1 Å². The van der Waals surface area contributed by atoms with Gasteiger partial charge in [0.25, 0.3) is 5.91 Å². The number of sulfonamides is 1. The van der Waals surface area contributed by atoms with E-state index < -0.39 is 72.7 Å². The first-order valence-electron chi connectivity index (χ1n) is 14.6. The van der Waals surface area contributed by atoms with Gasteiger partial charge in [-0.05, 0) is 75.2 Å². The van der Waals surface area contributed by atoms with Gasteiger partial charge in [-0.3, -0.25) is 9.78 Å². The molecule has 2 aliphatic heterocycles. The fourth-order valence-corrected chi connectivity index (χ4v) is 9.73. The molecule has 1 aliphatic carbocycles. The third-order valence-electron chi connectivity index (χ3n) is 9.37. The van der Waals surface area contributed by atoms with Gasteiger partial charge in [0.15, 0.2) is 5.69 Å². The van der Waals surface area contributed by atoms with Crippen LogP contribution in [0.3, 0.4) is 0 Å². The second-order valence-corrected chi connectivity index (χ2v) is 14.4. The summed E-state index contributed by atoms with van der Waals surface area (Å²) in [5.74, 6) is -3.64. The summed E-state index contributed by atoms with van der Waals surface area (Å²) in [6.45, 7) is 1.69. The molecule has 8 nitrogen and oxygen atoms in total. The fourth-order valence-electron chi connectivity index (χ4n) is 7.26. The molecule has 0 radical (unpaired) electrons. The SMILES string of the molecule is CC(=O)[N+]1(S(=O)(=O)c2ccc(F)cc2)c2cc(F)c(C(=O)NCc3ncc(C(F)(F)F)cc3Cl)cc2C2(CCNCC2)C1C1CC1. The molecule has 6 rings (SSSR count). The van der Waals surface area contributed by atoms with Crippen LogP contribution >= 0.6 is 11.6 Å². The van der Waals surface area contributed by atoms with E-state index in [2.05, 4.69) is 15.6 Å². The number of carbonyl (C=O) groups excluding carboxylic acids is 2. The van der Waals surface area contributed by atoms with E-state index in [1.54, 1.807) is 0 Å². The number of hydrogen-bond donors (Lipinski definition) is 2. The minimum atomic E-state index is -4.67. The molecule has 2 fully saturated rings. The Bertz CT molecular complexity index is 1840. The summed E-state index contributed by atoms with van der Waals surface area (Å²) < 4.78 is 97.1. The van der Waals surface area contributed by atoms with Crippen LogP contribution in [0.15, 0.2) is 53.6 Å². The summed E-state index contributed by atoms with van der Waals surface area (Å²) in [6.07, 6.45) is -1.99. The average molecular weight is 684 g/mol. The van der Waals surface area contributed by atoms with Crippen LogP contribution in [0.5, 0.6) is 0 Å². The van der Waals surface area contributed by atoms with E-state index in [1.807, 2.05) is 0 Å². The van der Waals surface area contributed by atoms with E-state index in [0.717, 1.165) is 37.3 Å². The number of benzene rings is 2. The molecule has 2 aromatic carbocycles. The summed E-state index contributed by atoms with van der Waals surface area (Å²) in [5, 5.41) is 5.36. The minimum absolute atomic E-state index is 0.0779. The number of pyridine rings is 1. The van der Waals surface area contributed by atoms with Gasteiger partial charge in [0.1, 0.15) is 22.6 Å². The molecule has 1 saturated carbocycles. The number of hydrogen-bond acceptors (Lipinski definition) is 6. The Morgan fingerprint density at radius 3 is 2.30 bits per heavy atom. The molecule has 2 atom stereocenters. The van der Waals surface area contributed by atoms with Crippen molar-refractivity contribution in [3.05, 3.63) is 87.7 Å². The molecule has 15 heteroatoms. The van der Waals surface area contributed by atoms with E-state index in [9.17, 15) is 35.6 Å². The number of amides is 2. The van der Waals surface area contributed by atoms with Crippen molar-refractivity contribution in [2.45, 2.75) is 61.7 Å². The zero-order valence-electron chi connectivity index (χ0n) is 24.4. The lowest BCUT2D eigenvalue weighted by Crippen LogP contribution is -2.67. The van der Waals surface area contributed by atoms with Gasteiger partial charge in [-0.15, -0.1) is 3.89 Å². The van der Waals surface area contributed by atoms with Crippen molar-refractivity contribution in [2.24, 2.45) is 5.92 Å². The number of fused-ring (bicyclic) bond motifs is 2. The number of carbonyl (C=O) groups is 2. The van der Waals surface area contributed by atoms with Crippen molar-refractivity contribution in [1.29, 1.82) is 0 Å². The summed E-state index contributed by atoms with van der Waals surface area (Å²) in [7, 11) is -4.64. The van der Waals surface area contributed by atoms with Crippen LogP contribution in [0.25, 0.3) is 0 Å². The van der Waals surface area contributed by atoms with E-state index >= 15 is 4.39 Å². The lowest BCUT2D eigenvalue weighted by molar-refractivity contribution is -0.137. The van der Waals surface area contributed by atoms with E-state index in [1.165, 1.54) is 6.07 Å². The molecule has 46 heavy (non-hydrogen) atoms. The summed E-state index contributed by atoms with van der Waals surface area (Å²) in [6, 6.07) is 6.22. The maximum Gasteiger partial charge on any atom is 0.417 e. The Morgan fingerprint density at radius 1 is 1.09 bits per heavy atom. The first kappa shape index (κ1) is 32.5. The molecule has 3 aliphatic rings. The van der Waals surface area contributed by atoms with Crippen molar-refractivity contribution in [2.75, 3.05) is 13.1 Å². The Balaban J connectivity index is 1.47. The number of halogens is 6. The van der Waals surface area contributed by atoms with Crippen molar-refractivity contribution in [3.8, 4) is 0 Å². The minimum Gasteiger partial charge on any atom is -0.346 e. The molecular weight excluding hydrogens is 655 g/mol. The molecular formula is C31H29ClF5N4O4S+. The van der Waals surface area contributed by atoms with Gasteiger partial charge in [-0.25, -0.2) is 13.6 Å². The van der Waals surface area contributed by atoms with Gasteiger partial charge in [0, 0.05) is 23.7 Å². The van der Waals surface area contributed by atoms with Crippen LogP contribution in [-0.2, 0) is 33.0 Å². The normalized spacial score (nSPS) is 22.5. The first-order chi connectivity index (χ1) is 21.6. The molecule has 3 aromatic rings. The van der Waals surface area contributed by atoms with Gasteiger partial charge in [0.2, 0.25) is 0 Å². The van der Waals surface area contributed by atoms with E-state index in [-0.39, 0.29) is 27.2 Å². The topological polar surface area (TPSA) is 105 Å². The standard InChI is InChI=1S/C31H28ClF5N4O4S/c1-17(42)41(46(44,45)21-6-4-20(33)5-7-21)27-14-25(34)22(13-23(27)30(8-10-38-11-9-30)28(41)18-2-3-18)29(43)40-16-26-24(32)12-19(15-39-26)31(35,36)37/h4-7,12-15,18,28,38H,2-3,8-11,16H2,1H3/p+1. The van der Waals surface area contributed by atoms with Gasteiger partial charge in [-0.1, -0.05) is 11.6 Å². The first-order valence-corrected chi connectivity index (χ1v) is 16.4. The van der Waals surface area contributed by atoms with E-state index in [0.29, 0.717) is 56.6 Å². The lowest BCUT2D eigenvalue weighted by Gasteiger charge is -2.43. The summed E-state index contributed by atoms with van der Waals surface area (Å²) >= 11 is 5.98. The zero-order valence-corrected chi connectivity index (χ0v) is 26.0. The summed E-state index contributed by atoms with van der Waals surface area (Å²) in [5.41, 5.74) is -2.23. The van der Waals surface area contributed by atoms with Crippen LogP contribution in [0.2, 0.25) is 5.02 Å². The number of nitrogens with zero attached hydrogens (tertiary/aromatic N) is 2. The van der Waals surface area contributed by atoms with Crippen molar-refractivity contribution in [3.63, 3.8) is 0 Å². The maximum atomic E-state index is 16.0. The summed E-state index contributed by atoms with van der Waals surface area (Å²) in [4.78, 5) is 30.7. The van der Waals surface area contributed by atoms with Crippen molar-refractivity contribution >= 4 is 39.1 Å². The smallest absolute Gasteiger partial charge is 0.346 e. The zero-order chi connectivity index (χ0) is 33.2. The molecule has 0 bridgehead atoms. The molecule has 244 valence electrons. The highest BCUT2D eigenvalue weighted by molar-refractivity contribution is 7.91. The highest BCUT2D eigenvalue weighted by Gasteiger charge is 2.73.